The third kappa shape index (κ3) is 2.81. The van der Waals surface area contributed by atoms with Gasteiger partial charge in [-0.15, -0.1) is 0 Å². The molecule has 3 rings (SSSR count). The minimum Gasteiger partial charge on any atom is -0.507 e. The molecule has 1 aliphatic rings. The Morgan fingerprint density at radius 3 is 2.65 bits per heavy atom. The summed E-state index contributed by atoms with van der Waals surface area (Å²) >= 11 is 0. The van der Waals surface area contributed by atoms with Crippen molar-refractivity contribution >= 4 is 11.6 Å². The second-order valence-electron chi connectivity index (χ2n) is 5.00. The zero-order valence-electron chi connectivity index (χ0n) is 11.8. The zero-order chi connectivity index (χ0) is 16.6. The molecule has 0 saturated carbocycles. The fourth-order valence-corrected chi connectivity index (χ4v) is 2.43. The number of benzene rings is 2. The van der Waals surface area contributed by atoms with Gasteiger partial charge in [0.05, 0.1) is 17.8 Å². The van der Waals surface area contributed by atoms with E-state index < -0.39 is 23.4 Å². The zero-order valence-corrected chi connectivity index (χ0v) is 11.8. The molecule has 0 saturated heterocycles. The molecule has 0 fully saturated rings. The van der Waals surface area contributed by atoms with Crippen molar-refractivity contribution in [3.63, 3.8) is 0 Å². The first-order chi connectivity index (χ1) is 10.9. The molecule has 2 aromatic rings. The van der Waals surface area contributed by atoms with Gasteiger partial charge in [0, 0.05) is 5.56 Å². The molecule has 0 spiro atoms. The van der Waals surface area contributed by atoms with Gasteiger partial charge >= 0.3 is 6.18 Å². The van der Waals surface area contributed by atoms with Crippen molar-refractivity contribution in [2.45, 2.75) is 6.18 Å². The quantitative estimate of drug-likeness (QED) is 0.874. The van der Waals surface area contributed by atoms with Crippen LogP contribution in [0, 0.1) is 0 Å². The average Bonchev–Trinajstić information content (AvgIpc) is 2.53. The number of hydrogen-bond acceptors (Lipinski definition) is 3. The molecule has 23 heavy (non-hydrogen) atoms. The number of phenolic OH excluding ortho intramolecular Hbond substituents is 1. The van der Waals surface area contributed by atoms with Gasteiger partial charge in [0.15, 0.2) is 0 Å². The predicted molar refractivity (Wildman–Crippen MR) is 76.7 cm³/mol. The van der Waals surface area contributed by atoms with Gasteiger partial charge in [-0.1, -0.05) is 12.1 Å². The van der Waals surface area contributed by atoms with Crippen LogP contribution in [-0.4, -0.2) is 24.2 Å². The highest BCUT2D eigenvalue weighted by molar-refractivity contribution is 6.07. The molecule has 1 heterocycles. The predicted octanol–water partition coefficient (Wildman–Crippen LogP) is 3.45. The van der Waals surface area contributed by atoms with Crippen LogP contribution in [0.5, 0.6) is 11.5 Å². The first-order valence-corrected chi connectivity index (χ1v) is 6.82. The number of hydrogen-bond donors (Lipinski definition) is 1. The molecule has 2 aromatic carbocycles. The maximum atomic E-state index is 12.9. The first-order valence-electron chi connectivity index (χ1n) is 6.82. The van der Waals surface area contributed by atoms with E-state index >= 15 is 0 Å². The molecule has 1 N–H and O–H groups in total. The van der Waals surface area contributed by atoms with E-state index in [1.54, 1.807) is 24.3 Å². The van der Waals surface area contributed by atoms with Crippen LogP contribution in [0.3, 0.4) is 0 Å². The molecule has 0 unspecified atom stereocenters. The number of carbonyl (C=O) groups excluding carboxylic acids is 1. The lowest BCUT2D eigenvalue weighted by atomic mass is 10.1. The maximum Gasteiger partial charge on any atom is 0.419 e. The van der Waals surface area contributed by atoms with E-state index in [0.29, 0.717) is 17.5 Å². The summed E-state index contributed by atoms with van der Waals surface area (Å²) in [5.41, 5.74) is -0.873. The number of phenols is 1. The van der Waals surface area contributed by atoms with Gasteiger partial charge in [0.1, 0.15) is 18.1 Å². The fourth-order valence-electron chi connectivity index (χ4n) is 2.43. The summed E-state index contributed by atoms with van der Waals surface area (Å²) in [7, 11) is 0. The van der Waals surface area contributed by atoms with Crippen molar-refractivity contribution in [1.29, 1.82) is 0 Å². The lowest BCUT2D eigenvalue weighted by molar-refractivity contribution is -0.138. The molecule has 4 nitrogen and oxygen atoms in total. The molecular weight excluding hydrogens is 311 g/mol. The molecule has 0 bridgehead atoms. The molecule has 0 aliphatic carbocycles. The topological polar surface area (TPSA) is 49.8 Å². The minimum atomic E-state index is -4.73. The Bertz CT molecular complexity index is 758. The molecule has 7 heteroatoms. The summed E-state index contributed by atoms with van der Waals surface area (Å²) < 4.78 is 44.0. The van der Waals surface area contributed by atoms with Crippen LogP contribution in [0.4, 0.5) is 18.9 Å². The van der Waals surface area contributed by atoms with E-state index in [0.717, 1.165) is 6.07 Å². The van der Waals surface area contributed by atoms with Crippen LogP contribution in [0.25, 0.3) is 0 Å². The highest BCUT2D eigenvalue weighted by Crippen LogP contribution is 2.37. The monoisotopic (exact) mass is 323 g/mol. The van der Waals surface area contributed by atoms with Crippen molar-refractivity contribution in [1.82, 2.24) is 0 Å². The normalized spacial score (nSPS) is 14.1. The lowest BCUT2D eigenvalue weighted by Crippen LogP contribution is -2.38. The van der Waals surface area contributed by atoms with Gasteiger partial charge in [0.25, 0.3) is 5.91 Å². The van der Waals surface area contributed by atoms with Crippen molar-refractivity contribution in [3.8, 4) is 11.5 Å². The summed E-state index contributed by atoms with van der Waals surface area (Å²) in [5, 5.41) is 9.36. The van der Waals surface area contributed by atoms with Gasteiger partial charge in [-0.3, -0.25) is 4.79 Å². The Morgan fingerprint density at radius 1 is 1.17 bits per heavy atom. The van der Waals surface area contributed by atoms with Crippen molar-refractivity contribution < 1.29 is 27.8 Å². The lowest BCUT2D eigenvalue weighted by Gasteiger charge is -2.29. The van der Waals surface area contributed by atoms with Crippen molar-refractivity contribution in [2.24, 2.45) is 0 Å². The highest BCUT2D eigenvalue weighted by Gasteiger charge is 2.35. The third-order valence-corrected chi connectivity index (χ3v) is 3.52. The highest BCUT2D eigenvalue weighted by atomic mass is 19.4. The van der Waals surface area contributed by atoms with E-state index in [-0.39, 0.29) is 18.7 Å². The maximum absolute atomic E-state index is 12.9. The summed E-state index contributed by atoms with van der Waals surface area (Å²) in [6, 6.07) is 9.52. The van der Waals surface area contributed by atoms with Gasteiger partial charge < -0.3 is 14.7 Å². The summed E-state index contributed by atoms with van der Waals surface area (Å²) in [6.07, 6.45) is -4.73. The van der Waals surface area contributed by atoms with Gasteiger partial charge in [-0.05, 0) is 30.3 Å². The Labute approximate surface area is 129 Å². The minimum absolute atomic E-state index is 0.146. The number of rotatable bonds is 1. The van der Waals surface area contributed by atoms with Crippen LogP contribution >= 0.6 is 0 Å². The number of carbonyl (C=O) groups is 1. The third-order valence-electron chi connectivity index (χ3n) is 3.52. The van der Waals surface area contributed by atoms with Crippen molar-refractivity contribution in [2.75, 3.05) is 18.1 Å². The number of ether oxygens (including phenoxy) is 1. The van der Waals surface area contributed by atoms with Crippen molar-refractivity contribution in [3.05, 3.63) is 53.6 Å². The standard InChI is InChI=1S/C16H12F3NO3/c17-16(18,19)11-9-10(5-6-13(11)21)15(22)20-7-8-23-14-4-2-1-3-12(14)20/h1-6,9,21H,7-8H2. The van der Waals surface area contributed by atoms with Gasteiger partial charge in [-0.25, -0.2) is 0 Å². The van der Waals surface area contributed by atoms with E-state index in [4.69, 9.17) is 4.74 Å². The molecular formula is C16H12F3NO3. The van der Waals surface area contributed by atoms with E-state index in [9.17, 15) is 23.1 Å². The van der Waals surface area contributed by atoms with E-state index in [2.05, 4.69) is 0 Å². The second kappa shape index (κ2) is 5.49. The van der Waals surface area contributed by atoms with Crippen LogP contribution in [0.2, 0.25) is 0 Å². The molecule has 1 amide bonds. The number of aromatic hydroxyl groups is 1. The first kappa shape index (κ1) is 15.2. The SMILES string of the molecule is O=C(c1ccc(O)c(C(F)(F)F)c1)N1CCOc2ccccc21. The summed E-state index contributed by atoms with van der Waals surface area (Å²) in [6.45, 7) is 0.491. The Hall–Kier alpha value is -2.70. The Morgan fingerprint density at radius 2 is 1.91 bits per heavy atom. The summed E-state index contributed by atoms with van der Waals surface area (Å²) in [5.74, 6) is -0.982. The van der Waals surface area contributed by atoms with Gasteiger partial charge in [0.2, 0.25) is 0 Å². The van der Waals surface area contributed by atoms with Crippen LogP contribution in [0.15, 0.2) is 42.5 Å². The smallest absolute Gasteiger partial charge is 0.419 e. The molecule has 0 radical (unpaired) electrons. The average molecular weight is 323 g/mol. The van der Waals surface area contributed by atoms with Crippen LogP contribution < -0.4 is 9.64 Å². The fraction of sp³-hybridized carbons (Fsp3) is 0.188. The van der Waals surface area contributed by atoms with Crippen LogP contribution in [0.1, 0.15) is 15.9 Å². The number of alkyl halides is 3. The molecule has 120 valence electrons. The largest absolute Gasteiger partial charge is 0.507 e. The molecule has 1 aliphatic heterocycles. The van der Waals surface area contributed by atoms with E-state index in [1.807, 2.05) is 0 Å². The van der Waals surface area contributed by atoms with Gasteiger partial charge in [-0.2, -0.15) is 13.2 Å². The number of fused-ring (bicyclic) bond motifs is 1. The Balaban J connectivity index is 1.99. The number of nitrogens with zero attached hydrogens (tertiary/aromatic N) is 1. The number of amides is 1. The van der Waals surface area contributed by atoms with Crippen LogP contribution in [-0.2, 0) is 6.18 Å². The number of para-hydroxylation sites is 2. The molecule has 0 aromatic heterocycles. The Kier molecular flexibility index (Phi) is 3.63. The second-order valence-corrected chi connectivity index (χ2v) is 5.00. The number of anilines is 1. The van der Waals surface area contributed by atoms with E-state index in [1.165, 1.54) is 11.0 Å². The molecule has 0 atom stereocenters. The number of halogens is 3. The summed E-state index contributed by atoms with van der Waals surface area (Å²) in [4.78, 5) is 13.9.